The first kappa shape index (κ1) is 14.4. The number of aromatic nitrogens is 1. The van der Waals surface area contributed by atoms with Crippen LogP contribution in [0.1, 0.15) is 28.9 Å². The Bertz CT molecular complexity index is 649. The van der Waals surface area contributed by atoms with Gasteiger partial charge in [-0.2, -0.15) is 0 Å². The SMILES string of the molecule is CC(NC(=O)c1ccncc1Cl)c1ccc(F)c(F)c1. The van der Waals surface area contributed by atoms with Crippen molar-refractivity contribution in [3.63, 3.8) is 0 Å². The first-order valence-electron chi connectivity index (χ1n) is 5.84. The van der Waals surface area contributed by atoms with E-state index in [9.17, 15) is 13.6 Å². The maximum atomic E-state index is 13.1. The summed E-state index contributed by atoms with van der Waals surface area (Å²) in [6.07, 6.45) is 2.81. The van der Waals surface area contributed by atoms with Crippen LogP contribution in [0, 0.1) is 11.6 Å². The van der Waals surface area contributed by atoms with Crippen LogP contribution >= 0.6 is 11.6 Å². The maximum Gasteiger partial charge on any atom is 0.253 e. The van der Waals surface area contributed by atoms with Gasteiger partial charge in [0.25, 0.3) is 5.91 Å². The number of carbonyl (C=O) groups is 1. The molecule has 1 heterocycles. The van der Waals surface area contributed by atoms with Gasteiger partial charge in [-0.15, -0.1) is 0 Å². The normalized spacial score (nSPS) is 12.0. The molecule has 20 heavy (non-hydrogen) atoms. The van der Waals surface area contributed by atoms with Crippen LogP contribution < -0.4 is 5.32 Å². The van der Waals surface area contributed by atoms with E-state index in [2.05, 4.69) is 10.3 Å². The average molecular weight is 297 g/mol. The van der Waals surface area contributed by atoms with Crippen molar-refractivity contribution in [3.05, 3.63) is 64.4 Å². The number of nitrogens with zero attached hydrogens (tertiary/aromatic N) is 1. The fraction of sp³-hybridized carbons (Fsp3) is 0.143. The van der Waals surface area contributed by atoms with Gasteiger partial charge in [0.2, 0.25) is 0 Å². The standard InChI is InChI=1S/C14H11ClF2N2O/c1-8(9-2-3-12(16)13(17)6-9)19-14(20)10-4-5-18-7-11(10)15/h2-8H,1H3,(H,19,20). The molecule has 1 unspecified atom stereocenters. The lowest BCUT2D eigenvalue weighted by atomic mass is 10.1. The van der Waals surface area contributed by atoms with E-state index in [0.717, 1.165) is 12.1 Å². The highest BCUT2D eigenvalue weighted by Crippen LogP contribution is 2.18. The highest BCUT2D eigenvalue weighted by Gasteiger charge is 2.15. The van der Waals surface area contributed by atoms with Crippen LogP contribution in [0.3, 0.4) is 0 Å². The third-order valence-corrected chi connectivity index (χ3v) is 3.11. The van der Waals surface area contributed by atoms with E-state index >= 15 is 0 Å². The molecule has 1 N–H and O–H groups in total. The van der Waals surface area contributed by atoms with Crippen LogP contribution in [-0.4, -0.2) is 10.9 Å². The van der Waals surface area contributed by atoms with Crippen LogP contribution in [0.25, 0.3) is 0 Å². The molecule has 0 saturated heterocycles. The van der Waals surface area contributed by atoms with E-state index < -0.39 is 23.6 Å². The predicted octanol–water partition coefficient (Wildman–Crippen LogP) is 3.50. The number of hydrogen-bond donors (Lipinski definition) is 1. The van der Waals surface area contributed by atoms with Crippen molar-refractivity contribution in [1.29, 1.82) is 0 Å². The minimum atomic E-state index is -0.953. The third-order valence-electron chi connectivity index (χ3n) is 2.81. The molecule has 104 valence electrons. The van der Waals surface area contributed by atoms with Gasteiger partial charge in [-0.25, -0.2) is 8.78 Å². The molecular weight excluding hydrogens is 286 g/mol. The van der Waals surface area contributed by atoms with Crippen LogP contribution in [0.5, 0.6) is 0 Å². The lowest BCUT2D eigenvalue weighted by Gasteiger charge is -2.15. The number of nitrogens with one attached hydrogen (secondary N) is 1. The summed E-state index contributed by atoms with van der Waals surface area (Å²) in [7, 11) is 0. The first-order chi connectivity index (χ1) is 9.49. The summed E-state index contributed by atoms with van der Waals surface area (Å²) in [5.74, 6) is -2.29. The lowest BCUT2D eigenvalue weighted by molar-refractivity contribution is 0.0940. The van der Waals surface area contributed by atoms with Gasteiger partial charge in [-0.05, 0) is 30.7 Å². The third kappa shape index (κ3) is 3.11. The van der Waals surface area contributed by atoms with E-state index in [1.165, 1.54) is 24.5 Å². The van der Waals surface area contributed by atoms with E-state index in [-0.39, 0.29) is 10.6 Å². The summed E-state index contributed by atoms with van der Waals surface area (Å²) in [6, 6.07) is 4.48. The molecule has 0 aliphatic carbocycles. The first-order valence-corrected chi connectivity index (χ1v) is 6.22. The number of carbonyl (C=O) groups excluding carboxylic acids is 1. The predicted molar refractivity (Wildman–Crippen MR) is 71.5 cm³/mol. The van der Waals surface area contributed by atoms with Crippen molar-refractivity contribution in [3.8, 4) is 0 Å². The smallest absolute Gasteiger partial charge is 0.253 e. The molecule has 0 spiro atoms. The van der Waals surface area contributed by atoms with Crippen molar-refractivity contribution in [2.45, 2.75) is 13.0 Å². The Morgan fingerprint density at radius 2 is 2.05 bits per heavy atom. The maximum absolute atomic E-state index is 13.1. The van der Waals surface area contributed by atoms with E-state index in [4.69, 9.17) is 11.6 Å². The van der Waals surface area contributed by atoms with E-state index in [1.807, 2.05) is 0 Å². The van der Waals surface area contributed by atoms with Gasteiger partial charge in [-0.1, -0.05) is 17.7 Å². The highest BCUT2D eigenvalue weighted by molar-refractivity contribution is 6.33. The molecule has 0 fully saturated rings. The van der Waals surface area contributed by atoms with Gasteiger partial charge < -0.3 is 5.32 Å². The monoisotopic (exact) mass is 296 g/mol. The number of pyridine rings is 1. The molecule has 1 atom stereocenters. The second-order valence-corrected chi connectivity index (χ2v) is 4.63. The molecule has 0 bridgehead atoms. The van der Waals surface area contributed by atoms with Crippen molar-refractivity contribution < 1.29 is 13.6 Å². The minimum Gasteiger partial charge on any atom is -0.345 e. The Kier molecular flexibility index (Phi) is 4.29. The summed E-state index contributed by atoms with van der Waals surface area (Å²) in [6.45, 7) is 1.67. The average Bonchev–Trinajstić information content (AvgIpc) is 2.42. The van der Waals surface area contributed by atoms with Gasteiger partial charge in [0.05, 0.1) is 16.6 Å². The summed E-state index contributed by atoms with van der Waals surface area (Å²) < 4.78 is 26.0. The van der Waals surface area contributed by atoms with Crippen molar-refractivity contribution in [2.75, 3.05) is 0 Å². The molecule has 0 aliphatic rings. The molecule has 1 amide bonds. The molecule has 2 aromatic rings. The molecule has 1 aromatic heterocycles. The number of benzene rings is 1. The Labute approximate surface area is 119 Å². The van der Waals surface area contributed by atoms with Crippen LogP contribution in [0.4, 0.5) is 8.78 Å². The summed E-state index contributed by atoms with van der Waals surface area (Å²) in [4.78, 5) is 15.8. The lowest BCUT2D eigenvalue weighted by Crippen LogP contribution is -2.27. The van der Waals surface area contributed by atoms with Gasteiger partial charge in [-0.3, -0.25) is 9.78 Å². The zero-order valence-corrected chi connectivity index (χ0v) is 11.3. The molecular formula is C14H11ClF2N2O. The highest BCUT2D eigenvalue weighted by atomic mass is 35.5. The summed E-state index contributed by atoms with van der Waals surface area (Å²) in [5.41, 5.74) is 0.735. The van der Waals surface area contributed by atoms with Crippen molar-refractivity contribution in [2.24, 2.45) is 0 Å². The molecule has 6 heteroatoms. The van der Waals surface area contributed by atoms with Crippen LogP contribution in [-0.2, 0) is 0 Å². The topological polar surface area (TPSA) is 42.0 Å². The molecule has 1 aromatic carbocycles. The number of halogens is 3. The molecule has 3 nitrogen and oxygen atoms in total. The number of rotatable bonds is 3. The van der Waals surface area contributed by atoms with Crippen molar-refractivity contribution >= 4 is 17.5 Å². The Morgan fingerprint density at radius 3 is 2.70 bits per heavy atom. The second-order valence-electron chi connectivity index (χ2n) is 4.22. The largest absolute Gasteiger partial charge is 0.345 e. The fourth-order valence-corrected chi connectivity index (χ4v) is 1.90. The summed E-state index contributed by atoms with van der Waals surface area (Å²) in [5, 5.41) is 2.88. The van der Waals surface area contributed by atoms with Gasteiger partial charge in [0, 0.05) is 12.4 Å². The fourth-order valence-electron chi connectivity index (χ4n) is 1.70. The van der Waals surface area contributed by atoms with Gasteiger partial charge in [0.1, 0.15) is 0 Å². The van der Waals surface area contributed by atoms with E-state index in [0.29, 0.717) is 5.56 Å². The van der Waals surface area contributed by atoms with E-state index in [1.54, 1.807) is 6.92 Å². The zero-order chi connectivity index (χ0) is 14.7. The second kappa shape index (κ2) is 5.96. The van der Waals surface area contributed by atoms with Gasteiger partial charge in [0.15, 0.2) is 11.6 Å². The summed E-state index contributed by atoms with van der Waals surface area (Å²) >= 11 is 5.86. The van der Waals surface area contributed by atoms with Crippen LogP contribution in [0.15, 0.2) is 36.7 Å². The molecule has 2 rings (SSSR count). The quantitative estimate of drug-likeness (QED) is 0.942. The number of amides is 1. The minimum absolute atomic E-state index is 0.225. The van der Waals surface area contributed by atoms with Crippen LogP contribution in [0.2, 0.25) is 5.02 Å². The van der Waals surface area contributed by atoms with Crippen molar-refractivity contribution in [1.82, 2.24) is 10.3 Å². The molecule has 0 saturated carbocycles. The van der Waals surface area contributed by atoms with Gasteiger partial charge >= 0.3 is 0 Å². The Balaban J connectivity index is 2.15. The zero-order valence-electron chi connectivity index (χ0n) is 10.5. The Morgan fingerprint density at radius 1 is 1.30 bits per heavy atom. The molecule has 0 radical (unpaired) electrons. The number of hydrogen-bond acceptors (Lipinski definition) is 2. The Hall–Kier alpha value is -2.01. The molecule has 0 aliphatic heterocycles.